The third-order valence-corrected chi connectivity index (χ3v) is 9.44. The van der Waals surface area contributed by atoms with Crippen LogP contribution in [0.15, 0.2) is 193 Å². The molecule has 1 heterocycles. The molecule has 7 rings (SSSR count). The van der Waals surface area contributed by atoms with Crippen molar-refractivity contribution in [2.45, 2.75) is 11.1 Å². The molecular weight excluding hydrogens is 662 g/mol. The van der Waals surface area contributed by atoms with Crippen LogP contribution >= 0.6 is 11.3 Å². The average molecular weight is 695 g/mol. The molecule has 0 aliphatic heterocycles. The van der Waals surface area contributed by atoms with Gasteiger partial charge in [-0.25, -0.2) is 9.78 Å². The number of benzene rings is 6. The van der Waals surface area contributed by atoms with Gasteiger partial charge in [-0.05, 0) is 16.7 Å². The van der Waals surface area contributed by atoms with Crippen molar-refractivity contribution >= 4 is 57.7 Å². The van der Waals surface area contributed by atoms with Gasteiger partial charge in [-0.2, -0.15) is 0 Å². The number of rotatable bonds is 12. The first-order valence-corrected chi connectivity index (χ1v) is 17.1. The zero-order chi connectivity index (χ0) is 34.2. The van der Waals surface area contributed by atoms with Crippen molar-refractivity contribution in [1.29, 1.82) is 0 Å². The van der Waals surface area contributed by atoms with E-state index in [4.69, 9.17) is 9.82 Å². The van der Waals surface area contributed by atoms with Crippen LogP contribution < -0.4 is 5.32 Å². The minimum absolute atomic E-state index is 0. The van der Waals surface area contributed by atoms with Crippen LogP contribution in [0.3, 0.4) is 0 Å². The van der Waals surface area contributed by atoms with E-state index in [1.165, 1.54) is 11.3 Å². The molecule has 1 aromatic heterocycles. The molecule has 8 heteroatoms. The van der Waals surface area contributed by atoms with Crippen molar-refractivity contribution in [3.05, 3.63) is 226 Å². The fraction of sp³-hybridized carbons (Fsp3) is 0.0465. The molecule has 0 atom stereocenters. The van der Waals surface area contributed by atoms with Crippen LogP contribution in [-0.4, -0.2) is 51.3 Å². The fourth-order valence-electron chi connectivity index (χ4n) is 6.37. The van der Waals surface area contributed by atoms with Crippen LogP contribution in [-0.2, 0) is 20.8 Å². The molecule has 245 valence electrons. The summed E-state index contributed by atoms with van der Waals surface area (Å²) in [6.07, 6.45) is 0. The fourth-order valence-corrected chi connectivity index (χ4v) is 7.12. The molecule has 0 spiro atoms. The number of carboxylic acids is 1. The van der Waals surface area contributed by atoms with Crippen LogP contribution in [0.5, 0.6) is 0 Å². The van der Waals surface area contributed by atoms with Crippen molar-refractivity contribution < 1.29 is 14.7 Å². The van der Waals surface area contributed by atoms with E-state index in [0.29, 0.717) is 5.13 Å². The van der Waals surface area contributed by atoms with Crippen molar-refractivity contribution in [2.75, 3.05) is 5.32 Å². The second-order valence-corrected chi connectivity index (χ2v) is 12.5. The molecule has 0 fully saturated rings. The molecular formula is C43H33N3NaO3S. The second-order valence-electron chi connectivity index (χ2n) is 11.6. The van der Waals surface area contributed by atoms with Gasteiger partial charge in [0.15, 0.2) is 5.13 Å². The van der Waals surface area contributed by atoms with Gasteiger partial charge >= 0.3 is 5.97 Å². The van der Waals surface area contributed by atoms with Gasteiger partial charge in [-0.1, -0.05) is 187 Å². The molecule has 0 saturated carbocycles. The first-order chi connectivity index (χ1) is 24.6. The van der Waals surface area contributed by atoms with E-state index in [1.807, 2.05) is 146 Å². The Morgan fingerprint density at radius 2 is 0.902 bits per heavy atom. The number of oxime groups is 1. The minimum atomic E-state index is -1.26. The van der Waals surface area contributed by atoms with Crippen molar-refractivity contribution in [3.8, 4) is 0 Å². The minimum Gasteiger partial charge on any atom is -0.476 e. The molecule has 51 heavy (non-hydrogen) atoms. The molecule has 2 N–H and O–H groups in total. The maximum atomic E-state index is 12.9. The van der Waals surface area contributed by atoms with E-state index < -0.39 is 17.1 Å². The number of nitrogens with zero attached hydrogens (tertiary/aromatic N) is 2. The largest absolute Gasteiger partial charge is 0.476 e. The Morgan fingerprint density at radius 1 is 0.569 bits per heavy atom. The first kappa shape index (κ1) is 35.5. The number of carboxylic acid groups (broad SMARTS) is 1. The standard InChI is InChI=1S/C43H33N3O3S.Na/c47-40(48)39(46-49-43(35-25-13-4-14-26-35,36-27-15-5-16-28-36)37-29-17-6-18-30-37)38-31-50-41(44-38)45-42(32-19-7-1-8-20-32,33-21-9-2-10-22-33)34-23-11-3-12-24-34;/h1-31H,(H,44,45)(H,47,48);. The number of nitrogens with one attached hydrogen (secondary N) is 1. The molecule has 1 radical (unpaired) electrons. The quantitative estimate of drug-likeness (QED) is 0.0578. The SMILES string of the molecule is O=C(O)C(=NOC(c1ccccc1)(c1ccccc1)c1ccccc1)c1csc(NC(c2ccccc2)(c2ccccc2)c2ccccc2)n1.[Na]. The van der Waals surface area contributed by atoms with Gasteiger partial charge in [0.1, 0.15) is 11.2 Å². The summed E-state index contributed by atoms with van der Waals surface area (Å²) in [4.78, 5) is 24.3. The number of aromatic nitrogens is 1. The van der Waals surface area contributed by atoms with Crippen LogP contribution in [0, 0.1) is 0 Å². The van der Waals surface area contributed by atoms with E-state index >= 15 is 0 Å². The molecule has 0 aliphatic rings. The van der Waals surface area contributed by atoms with Gasteiger partial charge in [-0.15, -0.1) is 11.3 Å². The van der Waals surface area contributed by atoms with E-state index in [0.717, 1.165) is 33.4 Å². The van der Waals surface area contributed by atoms with Crippen LogP contribution in [0.4, 0.5) is 5.13 Å². The summed E-state index contributed by atoms with van der Waals surface area (Å²) in [5, 5.41) is 20.9. The zero-order valence-corrected chi connectivity index (χ0v) is 30.8. The molecule has 7 aromatic rings. The molecule has 6 aromatic carbocycles. The van der Waals surface area contributed by atoms with Crippen molar-refractivity contribution in [2.24, 2.45) is 5.16 Å². The number of thiazole rings is 1. The molecule has 6 nitrogen and oxygen atoms in total. The monoisotopic (exact) mass is 694 g/mol. The number of carbonyl (C=O) groups is 1. The molecule has 0 bridgehead atoms. The summed E-state index contributed by atoms with van der Waals surface area (Å²) in [7, 11) is 0. The maximum absolute atomic E-state index is 12.9. The Labute approximate surface area is 323 Å². The number of aliphatic carboxylic acids is 1. The smallest absolute Gasteiger partial charge is 0.360 e. The number of anilines is 1. The van der Waals surface area contributed by atoms with E-state index in [2.05, 4.69) is 46.9 Å². The third kappa shape index (κ3) is 7.16. The Kier molecular flexibility index (Phi) is 11.2. The molecule has 0 aliphatic carbocycles. The predicted molar refractivity (Wildman–Crippen MR) is 205 cm³/mol. The molecule has 0 saturated heterocycles. The topological polar surface area (TPSA) is 83.8 Å². The van der Waals surface area contributed by atoms with E-state index in [1.54, 1.807) is 5.38 Å². The molecule has 0 unspecified atom stereocenters. The van der Waals surface area contributed by atoms with Crippen LogP contribution in [0.2, 0.25) is 0 Å². The van der Waals surface area contributed by atoms with Gasteiger partial charge in [0.05, 0.1) is 0 Å². The van der Waals surface area contributed by atoms with Crippen molar-refractivity contribution in [3.63, 3.8) is 0 Å². The molecule has 0 amide bonds. The third-order valence-electron chi connectivity index (χ3n) is 8.68. The Hall–Kier alpha value is -5.31. The summed E-state index contributed by atoms with van der Waals surface area (Å²) in [6, 6.07) is 59.6. The second kappa shape index (κ2) is 16.1. The normalized spacial score (nSPS) is 11.6. The summed E-state index contributed by atoms with van der Waals surface area (Å²) >= 11 is 1.31. The maximum Gasteiger partial charge on any atom is 0.360 e. The summed E-state index contributed by atoms with van der Waals surface area (Å²) in [5.74, 6) is -1.26. The van der Waals surface area contributed by atoms with Crippen molar-refractivity contribution in [1.82, 2.24) is 4.98 Å². The summed E-state index contributed by atoms with van der Waals surface area (Å²) in [6.45, 7) is 0. The average Bonchev–Trinajstić information content (AvgIpc) is 3.65. The van der Waals surface area contributed by atoms with Gasteiger partial charge in [0.2, 0.25) is 11.3 Å². The number of hydrogen-bond donors (Lipinski definition) is 2. The Morgan fingerprint density at radius 3 is 1.24 bits per heavy atom. The summed E-state index contributed by atoms with van der Waals surface area (Å²) < 4.78 is 0. The van der Waals surface area contributed by atoms with E-state index in [9.17, 15) is 9.90 Å². The number of hydrogen-bond acceptors (Lipinski definition) is 6. The van der Waals surface area contributed by atoms with Gasteiger partial charge in [-0.3, -0.25) is 0 Å². The van der Waals surface area contributed by atoms with Crippen LogP contribution in [0.1, 0.15) is 39.1 Å². The van der Waals surface area contributed by atoms with E-state index in [-0.39, 0.29) is 41.0 Å². The van der Waals surface area contributed by atoms with Gasteiger partial charge < -0.3 is 15.3 Å². The van der Waals surface area contributed by atoms with Gasteiger partial charge in [0, 0.05) is 51.6 Å². The van der Waals surface area contributed by atoms with Crippen LogP contribution in [0.25, 0.3) is 0 Å². The Bertz CT molecular complexity index is 1990. The van der Waals surface area contributed by atoms with Gasteiger partial charge in [0.25, 0.3) is 0 Å². The Balaban J connectivity index is 0.00000448. The predicted octanol–water partition coefficient (Wildman–Crippen LogP) is 8.96. The first-order valence-electron chi connectivity index (χ1n) is 16.2. The summed E-state index contributed by atoms with van der Waals surface area (Å²) in [5.41, 5.74) is 3.18. The zero-order valence-electron chi connectivity index (χ0n) is 28.0.